The number of nitrogens with two attached hydrogens (primary N) is 1. The zero-order valence-corrected chi connectivity index (χ0v) is 13.8. The van der Waals surface area contributed by atoms with Crippen LogP contribution in [0.15, 0.2) is 0 Å². The summed E-state index contributed by atoms with van der Waals surface area (Å²) in [5.74, 6) is 2.66. The molecule has 0 aromatic carbocycles. The van der Waals surface area contributed by atoms with Crippen molar-refractivity contribution in [2.24, 2.45) is 23.5 Å². The molecule has 0 aromatic heterocycles. The standard InChI is InChI=1S/C18H36N2/c1-15(2)16-10-7-12-20(13-11-16)18(14-19)17-8-5-3-4-6-9-17/h15-18H,3-14,19H2,1-2H3. The van der Waals surface area contributed by atoms with Crippen LogP contribution in [-0.2, 0) is 0 Å². The van der Waals surface area contributed by atoms with Crippen molar-refractivity contribution in [3.8, 4) is 0 Å². The summed E-state index contributed by atoms with van der Waals surface area (Å²) >= 11 is 0. The van der Waals surface area contributed by atoms with E-state index in [1.54, 1.807) is 0 Å². The SMILES string of the molecule is CC(C)C1CCCN(C(CN)C2CCCCCC2)CC1. The van der Waals surface area contributed by atoms with E-state index in [1.165, 1.54) is 70.9 Å². The largest absolute Gasteiger partial charge is 0.329 e. The third kappa shape index (κ3) is 4.46. The van der Waals surface area contributed by atoms with Gasteiger partial charge in [-0.15, -0.1) is 0 Å². The summed E-state index contributed by atoms with van der Waals surface area (Å²) in [5.41, 5.74) is 6.19. The summed E-state index contributed by atoms with van der Waals surface area (Å²) in [5, 5.41) is 0. The first-order chi connectivity index (χ1) is 9.72. The lowest BCUT2D eigenvalue weighted by Gasteiger charge is -2.35. The molecule has 2 fully saturated rings. The maximum atomic E-state index is 6.19. The molecule has 1 aliphatic heterocycles. The van der Waals surface area contributed by atoms with Gasteiger partial charge in [-0.2, -0.15) is 0 Å². The normalized spacial score (nSPS) is 29.1. The minimum absolute atomic E-state index is 0.666. The van der Waals surface area contributed by atoms with Crippen molar-refractivity contribution in [2.75, 3.05) is 19.6 Å². The van der Waals surface area contributed by atoms with Crippen molar-refractivity contribution in [3.05, 3.63) is 0 Å². The smallest absolute Gasteiger partial charge is 0.0246 e. The third-order valence-electron chi connectivity index (χ3n) is 5.90. The van der Waals surface area contributed by atoms with Gasteiger partial charge >= 0.3 is 0 Å². The Morgan fingerprint density at radius 2 is 1.50 bits per heavy atom. The summed E-state index contributed by atoms with van der Waals surface area (Å²) in [6.07, 6.45) is 12.8. The van der Waals surface area contributed by atoms with Crippen molar-refractivity contribution >= 4 is 0 Å². The lowest BCUT2D eigenvalue weighted by atomic mass is 9.89. The first-order valence-corrected chi connectivity index (χ1v) is 9.16. The summed E-state index contributed by atoms with van der Waals surface area (Å²) in [7, 11) is 0. The van der Waals surface area contributed by atoms with Crippen LogP contribution in [0.2, 0.25) is 0 Å². The predicted octanol–water partition coefficient (Wildman–Crippen LogP) is 4.04. The van der Waals surface area contributed by atoms with Crippen LogP contribution in [0.4, 0.5) is 0 Å². The van der Waals surface area contributed by atoms with Crippen molar-refractivity contribution in [2.45, 2.75) is 77.7 Å². The highest BCUT2D eigenvalue weighted by molar-refractivity contribution is 4.84. The van der Waals surface area contributed by atoms with Gasteiger partial charge in [0.2, 0.25) is 0 Å². The Kier molecular flexibility index (Phi) is 6.83. The zero-order chi connectivity index (χ0) is 14.4. The molecule has 2 nitrogen and oxygen atoms in total. The summed E-state index contributed by atoms with van der Waals surface area (Å²) < 4.78 is 0. The van der Waals surface area contributed by atoms with Crippen molar-refractivity contribution in [1.82, 2.24) is 4.90 Å². The third-order valence-corrected chi connectivity index (χ3v) is 5.90. The van der Waals surface area contributed by atoms with Crippen LogP contribution in [-0.4, -0.2) is 30.6 Å². The van der Waals surface area contributed by atoms with Crippen LogP contribution >= 0.6 is 0 Å². The molecule has 1 aliphatic carbocycles. The molecule has 1 saturated carbocycles. The summed E-state index contributed by atoms with van der Waals surface area (Å²) in [6.45, 7) is 8.25. The van der Waals surface area contributed by atoms with Crippen LogP contribution < -0.4 is 5.73 Å². The predicted molar refractivity (Wildman–Crippen MR) is 87.8 cm³/mol. The molecule has 0 amide bonds. The van der Waals surface area contributed by atoms with Gasteiger partial charge in [-0.3, -0.25) is 4.90 Å². The van der Waals surface area contributed by atoms with E-state index in [1.807, 2.05) is 0 Å². The van der Waals surface area contributed by atoms with Crippen LogP contribution in [0, 0.1) is 17.8 Å². The summed E-state index contributed by atoms with van der Waals surface area (Å²) in [6, 6.07) is 0.666. The Hall–Kier alpha value is -0.0800. The molecule has 0 radical (unpaired) electrons. The molecule has 2 unspecified atom stereocenters. The Labute approximate surface area is 126 Å². The van der Waals surface area contributed by atoms with Crippen LogP contribution in [0.1, 0.15) is 71.6 Å². The first-order valence-electron chi connectivity index (χ1n) is 9.16. The molecule has 2 rings (SSSR count). The van der Waals surface area contributed by atoms with E-state index in [2.05, 4.69) is 18.7 Å². The van der Waals surface area contributed by atoms with Crippen LogP contribution in [0.5, 0.6) is 0 Å². The Balaban J connectivity index is 1.92. The molecule has 0 spiro atoms. The van der Waals surface area contributed by atoms with Gasteiger partial charge in [0.25, 0.3) is 0 Å². The molecule has 0 aromatic rings. The molecule has 2 N–H and O–H groups in total. The lowest BCUT2D eigenvalue weighted by molar-refractivity contribution is 0.137. The summed E-state index contributed by atoms with van der Waals surface area (Å²) in [4.78, 5) is 2.76. The number of rotatable bonds is 4. The van der Waals surface area contributed by atoms with Gasteiger partial charge in [0.1, 0.15) is 0 Å². The van der Waals surface area contributed by atoms with Gasteiger partial charge in [0.15, 0.2) is 0 Å². The Morgan fingerprint density at radius 1 is 0.850 bits per heavy atom. The average Bonchev–Trinajstić information content (AvgIpc) is 2.83. The monoisotopic (exact) mass is 280 g/mol. The van der Waals surface area contributed by atoms with Gasteiger partial charge < -0.3 is 5.73 Å². The quantitative estimate of drug-likeness (QED) is 0.787. The van der Waals surface area contributed by atoms with E-state index in [4.69, 9.17) is 5.73 Å². The highest BCUT2D eigenvalue weighted by Gasteiger charge is 2.29. The van der Waals surface area contributed by atoms with E-state index in [0.29, 0.717) is 6.04 Å². The second-order valence-corrected chi connectivity index (χ2v) is 7.53. The van der Waals surface area contributed by atoms with Crippen molar-refractivity contribution in [1.29, 1.82) is 0 Å². The maximum absolute atomic E-state index is 6.19. The van der Waals surface area contributed by atoms with E-state index in [-0.39, 0.29) is 0 Å². The zero-order valence-electron chi connectivity index (χ0n) is 13.8. The van der Waals surface area contributed by atoms with E-state index in [0.717, 1.165) is 24.3 Å². The number of nitrogens with zero attached hydrogens (tertiary/aromatic N) is 1. The average molecular weight is 280 g/mol. The number of hydrogen-bond acceptors (Lipinski definition) is 2. The fourth-order valence-corrected chi connectivity index (χ4v) is 4.48. The van der Waals surface area contributed by atoms with Gasteiger partial charge in [-0.05, 0) is 62.9 Å². The van der Waals surface area contributed by atoms with Crippen molar-refractivity contribution in [3.63, 3.8) is 0 Å². The fourth-order valence-electron chi connectivity index (χ4n) is 4.48. The lowest BCUT2D eigenvalue weighted by Crippen LogP contribution is -2.46. The van der Waals surface area contributed by atoms with E-state index < -0.39 is 0 Å². The van der Waals surface area contributed by atoms with Gasteiger partial charge in [0, 0.05) is 12.6 Å². The van der Waals surface area contributed by atoms with E-state index in [9.17, 15) is 0 Å². The van der Waals surface area contributed by atoms with Crippen molar-refractivity contribution < 1.29 is 0 Å². The molecular formula is C18H36N2. The van der Waals surface area contributed by atoms with Crippen LogP contribution in [0.25, 0.3) is 0 Å². The fraction of sp³-hybridized carbons (Fsp3) is 1.00. The number of likely N-dealkylation sites (tertiary alicyclic amines) is 1. The molecule has 2 aliphatic rings. The second-order valence-electron chi connectivity index (χ2n) is 7.53. The molecule has 1 heterocycles. The molecule has 2 heteroatoms. The Morgan fingerprint density at radius 3 is 2.10 bits per heavy atom. The van der Waals surface area contributed by atoms with E-state index >= 15 is 0 Å². The highest BCUT2D eigenvalue weighted by Crippen LogP contribution is 2.31. The molecule has 20 heavy (non-hydrogen) atoms. The highest BCUT2D eigenvalue weighted by atomic mass is 15.2. The van der Waals surface area contributed by atoms with Gasteiger partial charge in [0.05, 0.1) is 0 Å². The van der Waals surface area contributed by atoms with Gasteiger partial charge in [-0.25, -0.2) is 0 Å². The van der Waals surface area contributed by atoms with Gasteiger partial charge in [-0.1, -0.05) is 39.5 Å². The Bertz CT molecular complexity index is 256. The molecular weight excluding hydrogens is 244 g/mol. The minimum Gasteiger partial charge on any atom is -0.329 e. The number of hydrogen-bond donors (Lipinski definition) is 1. The second kappa shape index (κ2) is 8.38. The first kappa shape index (κ1) is 16.3. The topological polar surface area (TPSA) is 29.3 Å². The van der Waals surface area contributed by atoms with Crippen LogP contribution in [0.3, 0.4) is 0 Å². The molecule has 1 saturated heterocycles. The minimum atomic E-state index is 0.666. The maximum Gasteiger partial charge on any atom is 0.0246 e. The molecule has 2 atom stereocenters. The molecule has 0 bridgehead atoms. The molecule has 118 valence electrons.